The molecule has 0 fully saturated rings. The van der Waals surface area contributed by atoms with Crippen molar-refractivity contribution in [2.24, 2.45) is 0 Å². The molecule has 1 aliphatic rings. The van der Waals surface area contributed by atoms with Crippen LogP contribution < -0.4 is 0 Å². The smallest absolute Gasteiger partial charge is 0.282 e. The summed E-state index contributed by atoms with van der Waals surface area (Å²) >= 11 is 11.6. The summed E-state index contributed by atoms with van der Waals surface area (Å²) in [5, 5.41) is -0.176. The molecule has 1 aromatic rings. The van der Waals surface area contributed by atoms with Crippen LogP contribution in [0, 0.1) is 0 Å². The summed E-state index contributed by atoms with van der Waals surface area (Å²) in [4.78, 5) is -3.49. The molecule has 0 saturated heterocycles. The van der Waals surface area contributed by atoms with Gasteiger partial charge in [0.15, 0.2) is 0 Å². The minimum Gasteiger partial charge on any atom is -0.282 e. The van der Waals surface area contributed by atoms with Gasteiger partial charge < -0.3 is 0 Å². The zero-order chi connectivity index (χ0) is 19.9. The van der Waals surface area contributed by atoms with Crippen LogP contribution in [-0.4, -0.2) is 34.4 Å². The first-order valence-corrected chi connectivity index (χ1v) is 11.6. The fourth-order valence-corrected chi connectivity index (χ4v) is 6.14. The molecule has 0 atom stereocenters. The first kappa shape index (κ1) is 21.1. The number of hydrogen-bond donors (Lipinski definition) is 2. The Morgan fingerprint density at radius 2 is 1.46 bits per heavy atom. The number of benzene rings is 1. The number of rotatable bonds is 4. The third-order valence-electron chi connectivity index (χ3n) is 3.19. The summed E-state index contributed by atoms with van der Waals surface area (Å²) in [6.07, 6.45) is 1.75. The molecule has 0 heterocycles. The van der Waals surface area contributed by atoms with Crippen molar-refractivity contribution >= 4 is 53.3 Å². The van der Waals surface area contributed by atoms with Gasteiger partial charge in [-0.15, -0.1) is 0 Å². The Morgan fingerprint density at radius 1 is 0.846 bits per heavy atom. The Morgan fingerprint density at radius 3 is 1.96 bits per heavy atom. The predicted molar refractivity (Wildman–Crippen MR) is 95.6 cm³/mol. The lowest BCUT2D eigenvalue weighted by molar-refractivity contribution is 0.491. The summed E-state index contributed by atoms with van der Waals surface area (Å²) < 4.78 is 90.1. The second-order valence-corrected chi connectivity index (χ2v) is 10.5. The molecular weight excluding hydrogens is 451 g/mol. The number of sulfone groups is 1. The summed E-state index contributed by atoms with van der Waals surface area (Å²) in [7, 11) is -14.6. The number of halogens is 2. The van der Waals surface area contributed by atoms with Gasteiger partial charge in [-0.05, 0) is 30.7 Å². The molecule has 0 unspecified atom stereocenters. The van der Waals surface area contributed by atoms with Crippen LogP contribution in [0.15, 0.2) is 56.0 Å². The van der Waals surface area contributed by atoms with Gasteiger partial charge in [0.2, 0.25) is 9.84 Å². The van der Waals surface area contributed by atoms with E-state index < -0.39 is 49.7 Å². The second kappa shape index (κ2) is 7.08. The Balaban J connectivity index is 2.77. The molecule has 0 aliphatic heterocycles. The maximum Gasteiger partial charge on any atom is 0.295 e. The molecule has 142 valence electrons. The molecule has 0 saturated carbocycles. The number of hydrogen-bond acceptors (Lipinski definition) is 6. The zero-order valence-electron chi connectivity index (χ0n) is 12.5. The van der Waals surface area contributed by atoms with E-state index in [0.29, 0.717) is 6.08 Å². The van der Waals surface area contributed by atoms with Gasteiger partial charge in [-0.25, -0.2) is 8.42 Å². The van der Waals surface area contributed by atoms with E-state index >= 15 is 0 Å². The van der Waals surface area contributed by atoms with Gasteiger partial charge in [0.25, 0.3) is 20.2 Å². The lowest BCUT2D eigenvalue weighted by atomic mass is 10.4. The van der Waals surface area contributed by atoms with Gasteiger partial charge in [0, 0.05) is 5.02 Å². The Labute approximate surface area is 159 Å². The van der Waals surface area contributed by atoms with Crippen LogP contribution in [0.3, 0.4) is 0 Å². The van der Waals surface area contributed by atoms with Crippen LogP contribution in [0.25, 0.3) is 0 Å². The topological polar surface area (TPSA) is 143 Å². The van der Waals surface area contributed by atoms with Crippen molar-refractivity contribution in [2.45, 2.75) is 11.3 Å². The Kier molecular flexibility index (Phi) is 5.74. The average Bonchev–Trinajstić information content (AvgIpc) is 2.69. The van der Waals surface area contributed by atoms with E-state index in [1.165, 1.54) is 6.07 Å². The Hall–Kier alpha value is -1.21. The molecular formula is C13H10Cl2O8S3. The first-order chi connectivity index (χ1) is 11.7. The molecule has 13 heteroatoms. The minimum absolute atomic E-state index is 0.129. The van der Waals surface area contributed by atoms with Crippen LogP contribution in [0.1, 0.15) is 6.42 Å². The van der Waals surface area contributed by atoms with Gasteiger partial charge in [-0.2, -0.15) is 16.8 Å². The molecule has 0 amide bonds. The van der Waals surface area contributed by atoms with E-state index in [-0.39, 0.29) is 16.5 Å². The van der Waals surface area contributed by atoms with Crippen LogP contribution in [0.2, 0.25) is 10.0 Å². The number of allylic oxidation sites excluding steroid dienone is 3. The van der Waals surface area contributed by atoms with E-state index in [4.69, 9.17) is 27.8 Å². The summed E-state index contributed by atoms with van der Waals surface area (Å²) in [6.45, 7) is 0. The van der Waals surface area contributed by atoms with Crippen molar-refractivity contribution < 1.29 is 34.4 Å². The van der Waals surface area contributed by atoms with Gasteiger partial charge in [0.05, 0.1) is 19.7 Å². The lowest BCUT2D eigenvalue weighted by Crippen LogP contribution is -2.14. The summed E-state index contributed by atoms with van der Waals surface area (Å²) in [5.41, 5.74) is 0. The van der Waals surface area contributed by atoms with Gasteiger partial charge in [-0.3, -0.25) is 9.11 Å². The van der Waals surface area contributed by atoms with Gasteiger partial charge >= 0.3 is 0 Å². The van der Waals surface area contributed by atoms with Gasteiger partial charge in [-0.1, -0.05) is 35.4 Å². The highest BCUT2D eigenvalue weighted by atomic mass is 35.5. The highest BCUT2D eigenvalue weighted by Gasteiger charge is 2.34. The summed E-state index contributed by atoms with van der Waals surface area (Å²) in [6, 6.07) is 3.35. The van der Waals surface area contributed by atoms with Crippen LogP contribution in [0.4, 0.5) is 0 Å². The van der Waals surface area contributed by atoms with E-state index in [9.17, 15) is 29.8 Å². The first-order valence-electron chi connectivity index (χ1n) is 6.52. The molecule has 2 N–H and O–H groups in total. The highest BCUT2D eigenvalue weighted by molar-refractivity contribution is 7.98. The molecule has 0 aromatic heterocycles. The van der Waals surface area contributed by atoms with Gasteiger partial charge in [0.1, 0.15) is 4.91 Å². The zero-order valence-corrected chi connectivity index (χ0v) is 16.5. The monoisotopic (exact) mass is 460 g/mol. The van der Waals surface area contributed by atoms with Crippen molar-refractivity contribution in [3.63, 3.8) is 0 Å². The third kappa shape index (κ3) is 4.36. The third-order valence-corrected chi connectivity index (χ3v) is 7.65. The fourth-order valence-electron chi connectivity index (χ4n) is 2.08. The normalized spacial score (nSPS) is 16.4. The molecule has 0 radical (unpaired) electrons. The van der Waals surface area contributed by atoms with E-state index in [1.807, 2.05) is 0 Å². The highest BCUT2D eigenvalue weighted by Crippen LogP contribution is 2.35. The van der Waals surface area contributed by atoms with Crippen molar-refractivity contribution in [3.8, 4) is 0 Å². The summed E-state index contributed by atoms with van der Waals surface area (Å²) in [5.74, 6) is 0. The predicted octanol–water partition coefficient (Wildman–Crippen LogP) is 2.60. The fraction of sp³-hybridized carbons (Fsp3) is 0.0769. The maximum absolute atomic E-state index is 12.8. The largest absolute Gasteiger partial charge is 0.295 e. The maximum atomic E-state index is 12.8. The molecule has 26 heavy (non-hydrogen) atoms. The van der Waals surface area contributed by atoms with E-state index in [1.54, 1.807) is 0 Å². The standard InChI is InChI=1S/C13H10Cl2O8S3/c14-8-4-5-11(10(15)6-8)24(16,17)12-3-1-2-9(25(18,19)20)7-13(12)26(21,22)23/h2-7H,1H2,(H,18,19,20)(H,21,22,23). The van der Waals surface area contributed by atoms with Crippen LogP contribution >= 0.6 is 23.2 Å². The minimum atomic E-state index is -5.18. The average molecular weight is 461 g/mol. The molecule has 1 aromatic carbocycles. The van der Waals surface area contributed by atoms with Crippen molar-refractivity contribution in [1.82, 2.24) is 0 Å². The molecule has 0 spiro atoms. The van der Waals surface area contributed by atoms with E-state index in [0.717, 1.165) is 24.3 Å². The van der Waals surface area contributed by atoms with Crippen molar-refractivity contribution in [2.75, 3.05) is 0 Å². The molecule has 2 rings (SSSR count). The van der Waals surface area contributed by atoms with Crippen LogP contribution in [0.5, 0.6) is 0 Å². The van der Waals surface area contributed by atoms with Crippen molar-refractivity contribution in [1.29, 1.82) is 0 Å². The van der Waals surface area contributed by atoms with E-state index in [2.05, 4.69) is 0 Å². The second-order valence-electron chi connectivity index (χ2n) is 4.95. The molecule has 0 bridgehead atoms. The van der Waals surface area contributed by atoms with Crippen LogP contribution in [-0.2, 0) is 30.1 Å². The SMILES string of the molecule is O=S(=O)(O)C1=CCC=C(S(=O)(=O)c2ccc(Cl)cc2Cl)C(S(=O)(=O)O)=C1. The lowest BCUT2D eigenvalue weighted by Gasteiger charge is -2.12. The Bertz CT molecular complexity index is 1170. The molecule has 1 aliphatic carbocycles. The van der Waals surface area contributed by atoms with Crippen molar-refractivity contribution in [3.05, 3.63) is 61.2 Å². The quantitative estimate of drug-likeness (QED) is 0.652. The molecule has 8 nitrogen and oxygen atoms in total.